The molecule has 0 spiro atoms. The molecule has 68 valence electrons. The molecule has 2 nitrogen and oxygen atoms in total. The van der Waals surface area contributed by atoms with Crippen LogP contribution in [0.25, 0.3) is 10.6 Å². The third-order valence-corrected chi connectivity index (χ3v) is 3.50. The maximum atomic E-state index is 4.42. The SMILES string of the molecule is CCn1ccc(-c2cc(Br)cs2)n1. The largest absolute Gasteiger partial charge is 0.272 e. The van der Waals surface area contributed by atoms with Crippen LogP contribution in [0.4, 0.5) is 0 Å². The van der Waals surface area contributed by atoms with Crippen LogP contribution in [0.3, 0.4) is 0 Å². The molecule has 0 aliphatic carbocycles. The van der Waals surface area contributed by atoms with Gasteiger partial charge in [-0.05, 0) is 35.0 Å². The zero-order valence-electron chi connectivity index (χ0n) is 7.20. The fraction of sp³-hybridized carbons (Fsp3) is 0.222. The van der Waals surface area contributed by atoms with E-state index in [9.17, 15) is 0 Å². The van der Waals surface area contributed by atoms with Crippen LogP contribution in [0.15, 0.2) is 28.2 Å². The van der Waals surface area contributed by atoms with E-state index in [2.05, 4.69) is 39.4 Å². The summed E-state index contributed by atoms with van der Waals surface area (Å²) in [6.07, 6.45) is 2.00. The molecular formula is C9H9BrN2S. The van der Waals surface area contributed by atoms with Crippen molar-refractivity contribution < 1.29 is 0 Å². The Kier molecular flexibility index (Phi) is 2.51. The number of rotatable bonds is 2. The third-order valence-electron chi connectivity index (χ3n) is 1.78. The second-order valence-corrected chi connectivity index (χ2v) is 4.51. The number of hydrogen-bond acceptors (Lipinski definition) is 2. The predicted molar refractivity (Wildman–Crippen MR) is 58.9 cm³/mol. The number of nitrogens with zero attached hydrogens (tertiary/aromatic N) is 2. The minimum atomic E-state index is 0.923. The molecule has 0 N–H and O–H groups in total. The summed E-state index contributed by atoms with van der Waals surface area (Å²) in [6, 6.07) is 4.13. The minimum absolute atomic E-state index is 0.923. The van der Waals surface area contributed by atoms with E-state index in [1.807, 2.05) is 16.9 Å². The molecule has 0 unspecified atom stereocenters. The summed E-state index contributed by atoms with van der Waals surface area (Å²) in [6.45, 7) is 3.01. The van der Waals surface area contributed by atoms with E-state index in [0.717, 1.165) is 16.7 Å². The van der Waals surface area contributed by atoms with Gasteiger partial charge in [-0.3, -0.25) is 4.68 Å². The molecule has 0 atom stereocenters. The van der Waals surface area contributed by atoms with Crippen LogP contribution in [0.1, 0.15) is 6.92 Å². The molecule has 0 saturated heterocycles. The van der Waals surface area contributed by atoms with Gasteiger partial charge in [-0.2, -0.15) is 5.10 Å². The van der Waals surface area contributed by atoms with E-state index in [0.29, 0.717) is 0 Å². The van der Waals surface area contributed by atoms with Crippen molar-refractivity contribution >= 4 is 27.3 Å². The molecule has 0 saturated carbocycles. The fourth-order valence-corrected chi connectivity index (χ4v) is 2.51. The van der Waals surface area contributed by atoms with Gasteiger partial charge in [0.2, 0.25) is 0 Å². The molecule has 0 aromatic carbocycles. The summed E-state index contributed by atoms with van der Waals surface area (Å²) in [5.41, 5.74) is 1.05. The summed E-state index contributed by atoms with van der Waals surface area (Å²) in [5, 5.41) is 6.49. The first-order valence-corrected chi connectivity index (χ1v) is 5.74. The van der Waals surface area contributed by atoms with Crippen LogP contribution >= 0.6 is 27.3 Å². The summed E-state index contributed by atoms with van der Waals surface area (Å²) in [7, 11) is 0. The van der Waals surface area contributed by atoms with Crippen molar-refractivity contribution in [2.24, 2.45) is 0 Å². The quantitative estimate of drug-likeness (QED) is 0.806. The molecule has 2 aromatic heterocycles. The molecule has 13 heavy (non-hydrogen) atoms. The van der Waals surface area contributed by atoms with Crippen LogP contribution in [0, 0.1) is 0 Å². The standard InChI is InChI=1S/C9H9BrN2S/c1-2-12-4-3-8(11-12)9-5-7(10)6-13-9/h3-6H,2H2,1H3. The minimum Gasteiger partial charge on any atom is -0.272 e. The fourth-order valence-electron chi connectivity index (χ4n) is 1.12. The molecule has 0 bridgehead atoms. The molecule has 2 heterocycles. The highest BCUT2D eigenvalue weighted by Gasteiger charge is 2.03. The smallest absolute Gasteiger partial charge is 0.102 e. The van der Waals surface area contributed by atoms with Gasteiger partial charge in [0.1, 0.15) is 5.69 Å². The Bertz CT molecular complexity index is 405. The lowest BCUT2D eigenvalue weighted by Gasteiger charge is -1.91. The summed E-state index contributed by atoms with van der Waals surface area (Å²) in [5.74, 6) is 0. The number of hydrogen-bond donors (Lipinski definition) is 0. The van der Waals surface area contributed by atoms with Crippen LogP contribution in [-0.2, 0) is 6.54 Å². The van der Waals surface area contributed by atoms with Gasteiger partial charge in [-0.25, -0.2) is 0 Å². The van der Waals surface area contributed by atoms with Crippen molar-refractivity contribution in [3.05, 3.63) is 28.2 Å². The molecule has 2 rings (SSSR count). The first-order chi connectivity index (χ1) is 6.29. The van der Waals surface area contributed by atoms with E-state index >= 15 is 0 Å². The summed E-state index contributed by atoms with van der Waals surface area (Å²) < 4.78 is 3.06. The second kappa shape index (κ2) is 3.64. The molecule has 4 heteroatoms. The highest BCUT2D eigenvalue weighted by Crippen LogP contribution is 2.28. The van der Waals surface area contributed by atoms with E-state index in [1.54, 1.807) is 11.3 Å². The highest BCUT2D eigenvalue weighted by atomic mass is 79.9. The Labute approximate surface area is 89.3 Å². The number of halogens is 1. The highest BCUT2D eigenvalue weighted by molar-refractivity contribution is 9.10. The Morgan fingerprint density at radius 1 is 1.62 bits per heavy atom. The lowest BCUT2D eigenvalue weighted by atomic mass is 10.3. The zero-order valence-corrected chi connectivity index (χ0v) is 9.60. The monoisotopic (exact) mass is 256 g/mol. The maximum absolute atomic E-state index is 4.42. The number of aromatic nitrogens is 2. The van der Waals surface area contributed by atoms with Crippen LogP contribution in [0.5, 0.6) is 0 Å². The number of aryl methyl sites for hydroxylation is 1. The maximum Gasteiger partial charge on any atom is 0.102 e. The van der Waals surface area contributed by atoms with Crippen molar-refractivity contribution in [3.8, 4) is 10.6 Å². The van der Waals surface area contributed by atoms with Gasteiger partial charge in [-0.1, -0.05) is 0 Å². The van der Waals surface area contributed by atoms with Gasteiger partial charge in [0.15, 0.2) is 0 Å². The molecule has 0 radical (unpaired) electrons. The molecular weight excluding hydrogens is 248 g/mol. The second-order valence-electron chi connectivity index (χ2n) is 2.69. The van der Waals surface area contributed by atoms with Gasteiger partial charge in [0.25, 0.3) is 0 Å². The average Bonchev–Trinajstić information content (AvgIpc) is 2.71. The Morgan fingerprint density at radius 2 is 2.46 bits per heavy atom. The van der Waals surface area contributed by atoms with Gasteiger partial charge >= 0.3 is 0 Å². The average molecular weight is 257 g/mol. The van der Waals surface area contributed by atoms with Gasteiger partial charge in [-0.15, -0.1) is 11.3 Å². The Hall–Kier alpha value is -0.610. The van der Waals surface area contributed by atoms with Gasteiger partial charge in [0, 0.05) is 22.6 Å². The lowest BCUT2D eigenvalue weighted by molar-refractivity contribution is 0.662. The van der Waals surface area contributed by atoms with E-state index in [1.165, 1.54) is 4.88 Å². The predicted octanol–water partition coefficient (Wildman–Crippen LogP) is 3.39. The first-order valence-electron chi connectivity index (χ1n) is 4.07. The van der Waals surface area contributed by atoms with E-state index in [4.69, 9.17) is 0 Å². The molecule has 0 aliphatic rings. The summed E-state index contributed by atoms with van der Waals surface area (Å²) >= 11 is 5.13. The molecule has 0 aliphatic heterocycles. The lowest BCUT2D eigenvalue weighted by Crippen LogP contribution is -1.93. The van der Waals surface area contributed by atoms with Crippen molar-refractivity contribution in [3.63, 3.8) is 0 Å². The molecule has 0 amide bonds. The van der Waals surface area contributed by atoms with Crippen molar-refractivity contribution in [2.75, 3.05) is 0 Å². The summed E-state index contributed by atoms with van der Waals surface area (Å²) in [4.78, 5) is 1.21. The van der Waals surface area contributed by atoms with Gasteiger partial charge < -0.3 is 0 Å². The first kappa shape index (κ1) is 8.97. The topological polar surface area (TPSA) is 17.8 Å². The van der Waals surface area contributed by atoms with Crippen LogP contribution < -0.4 is 0 Å². The van der Waals surface area contributed by atoms with Crippen LogP contribution in [-0.4, -0.2) is 9.78 Å². The van der Waals surface area contributed by atoms with Crippen molar-refractivity contribution in [2.45, 2.75) is 13.5 Å². The number of thiophene rings is 1. The molecule has 2 aromatic rings. The van der Waals surface area contributed by atoms with Gasteiger partial charge in [0.05, 0.1) is 4.88 Å². The third kappa shape index (κ3) is 1.84. The zero-order chi connectivity index (χ0) is 9.26. The Morgan fingerprint density at radius 3 is 3.00 bits per heavy atom. The van der Waals surface area contributed by atoms with Crippen molar-refractivity contribution in [1.82, 2.24) is 9.78 Å². The van der Waals surface area contributed by atoms with Crippen LogP contribution in [0.2, 0.25) is 0 Å². The van der Waals surface area contributed by atoms with E-state index in [-0.39, 0.29) is 0 Å². The molecule has 0 fully saturated rings. The normalized spacial score (nSPS) is 10.6. The van der Waals surface area contributed by atoms with Crippen molar-refractivity contribution in [1.29, 1.82) is 0 Å². The Balaban J connectivity index is 2.35. The van der Waals surface area contributed by atoms with E-state index < -0.39 is 0 Å².